The average molecular weight is 374 g/mol. The number of rotatable bonds is 7. The quantitative estimate of drug-likeness (QED) is 0.587. The second kappa shape index (κ2) is 9.45. The molecule has 1 aliphatic heterocycles. The minimum atomic E-state index is 0.0879. The van der Waals surface area contributed by atoms with Gasteiger partial charge >= 0.3 is 0 Å². The van der Waals surface area contributed by atoms with Gasteiger partial charge in [0.2, 0.25) is 0 Å². The van der Waals surface area contributed by atoms with Crippen LogP contribution < -0.4 is 10.1 Å². The molecule has 1 aliphatic carbocycles. The van der Waals surface area contributed by atoms with E-state index in [9.17, 15) is 0 Å². The molecule has 5 heteroatoms. The van der Waals surface area contributed by atoms with Gasteiger partial charge in [-0.1, -0.05) is 31.0 Å². The summed E-state index contributed by atoms with van der Waals surface area (Å²) in [7, 11) is 3.91. The molecule has 0 aromatic heterocycles. The van der Waals surface area contributed by atoms with E-state index in [2.05, 4.69) is 48.5 Å². The molecule has 1 atom stereocenters. The molecule has 0 spiro atoms. The molecule has 0 amide bonds. The lowest BCUT2D eigenvalue weighted by Crippen LogP contribution is -2.42. The van der Waals surface area contributed by atoms with Gasteiger partial charge in [-0.05, 0) is 32.3 Å². The van der Waals surface area contributed by atoms with Crippen molar-refractivity contribution in [1.29, 1.82) is 0 Å². The molecule has 1 saturated carbocycles. The third kappa shape index (κ3) is 4.75. The van der Waals surface area contributed by atoms with Crippen molar-refractivity contribution in [1.82, 2.24) is 10.2 Å². The van der Waals surface area contributed by atoms with Crippen molar-refractivity contribution in [3.05, 3.63) is 29.8 Å². The fourth-order valence-corrected chi connectivity index (χ4v) is 4.54. The number of hydrogen-bond donors (Lipinski definition) is 1. The zero-order valence-electron chi connectivity index (χ0n) is 17.2. The predicted octanol–water partition coefficient (Wildman–Crippen LogP) is 3.44. The fourth-order valence-electron chi connectivity index (χ4n) is 4.54. The van der Waals surface area contributed by atoms with Gasteiger partial charge in [-0.15, -0.1) is 0 Å². The standard InChI is InChI=1S/C22H35N3O2/c1-4-23-21(25(2)15-18-11-14-27-16-18)24-17-22(12-7-8-13-22)19-9-5-6-10-20(19)26-3/h5-6,9-10,18H,4,7-8,11-17H2,1-3H3,(H,23,24). The number of methoxy groups -OCH3 is 1. The fraction of sp³-hybridized carbons (Fsp3) is 0.682. The molecular formula is C22H35N3O2. The molecule has 0 radical (unpaired) electrons. The van der Waals surface area contributed by atoms with Crippen molar-refractivity contribution < 1.29 is 9.47 Å². The highest BCUT2D eigenvalue weighted by Gasteiger charge is 2.37. The first kappa shape index (κ1) is 20.0. The molecule has 0 bridgehead atoms. The van der Waals surface area contributed by atoms with E-state index < -0.39 is 0 Å². The lowest BCUT2D eigenvalue weighted by molar-refractivity contribution is 0.181. The number of hydrogen-bond acceptors (Lipinski definition) is 3. The Balaban J connectivity index is 1.79. The minimum absolute atomic E-state index is 0.0879. The van der Waals surface area contributed by atoms with E-state index in [1.54, 1.807) is 7.11 Å². The van der Waals surface area contributed by atoms with Gasteiger partial charge in [0.1, 0.15) is 5.75 Å². The van der Waals surface area contributed by atoms with Gasteiger partial charge in [-0.3, -0.25) is 4.99 Å². The minimum Gasteiger partial charge on any atom is -0.496 e. The zero-order valence-corrected chi connectivity index (χ0v) is 17.2. The van der Waals surface area contributed by atoms with Gasteiger partial charge in [0.15, 0.2) is 5.96 Å². The van der Waals surface area contributed by atoms with Crippen LogP contribution in [0.15, 0.2) is 29.3 Å². The van der Waals surface area contributed by atoms with Gasteiger partial charge in [0.25, 0.3) is 0 Å². The highest BCUT2D eigenvalue weighted by Crippen LogP contribution is 2.44. The number of benzene rings is 1. The average Bonchev–Trinajstić information content (AvgIpc) is 3.37. The summed E-state index contributed by atoms with van der Waals surface area (Å²) in [6, 6.07) is 8.48. The number of aliphatic imine (C=N–C) groups is 1. The first-order chi connectivity index (χ1) is 13.2. The Labute approximate surface area is 164 Å². The first-order valence-electron chi connectivity index (χ1n) is 10.4. The monoisotopic (exact) mass is 373 g/mol. The van der Waals surface area contributed by atoms with Crippen molar-refractivity contribution >= 4 is 5.96 Å². The SMILES string of the molecule is CCNC(=NCC1(c2ccccc2OC)CCCC1)N(C)CC1CCOC1. The molecule has 3 rings (SSSR count). The van der Waals surface area contributed by atoms with Gasteiger partial charge in [-0.2, -0.15) is 0 Å². The predicted molar refractivity (Wildman–Crippen MR) is 111 cm³/mol. The molecule has 2 fully saturated rings. The number of ether oxygens (including phenoxy) is 2. The lowest BCUT2D eigenvalue weighted by Gasteiger charge is -2.31. The Morgan fingerprint density at radius 3 is 2.78 bits per heavy atom. The number of nitrogens with zero attached hydrogens (tertiary/aromatic N) is 2. The molecule has 1 aromatic carbocycles. The third-order valence-electron chi connectivity index (χ3n) is 6.02. The van der Waals surface area contributed by atoms with Crippen molar-refractivity contribution in [3.63, 3.8) is 0 Å². The third-order valence-corrected chi connectivity index (χ3v) is 6.02. The number of nitrogens with one attached hydrogen (secondary N) is 1. The van der Waals surface area contributed by atoms with Crippen LogP contribution in [-0.4, -0.2) is 57.9 Å². The van der Waals surface area contributed by atoms with E-state index >= 15 is 0 Å². The van der Waals surface area contributed by atoms with Crippen LogP contribution in [0.3, 0.4) is 0 Å². The largest absolute Gasteiger partial charge is 0.496 e. The Morgan fingerprint density at radius 2 is 2.11 bits per heavy atom. The molecule has 27 heavy (non-hydrogen) atoms. The van der Waals surface area contributed by atoms with Crippen LogP contribution in [-0.2, 0) is 10.2 Å². The summed E-state index contributed by atoms with van der Waals surface area (Å²) in [5.74, 6) is 2.61. The van der Waals surface area contributed by atoms with Crippen molar-refractivity contribution in [3.8, 4) is 5.75 Å². The Hall–Kier alpha value is -1.75. The molecular weight excluding hydrogens is 338 g/mol. The second-order valence-electron chi connectivity index (χ2n) is 7.97. The van der Waals surface area contributed by atoms with Crippen LogP contribution >= 0.6 is 0 Å². The molecule has 1 aromatic rings. The van der Waals surface area contributed by atoms with Crippen molar-refractivity contribution in [2.75, 3.05) is 47.0 Å². The van der Waals surface area contributed by atoms with Crippen LogP contribution in [0.1, 0.15) is 44.6 Å². The zero-order chi connectivity index (χ0) is 19.1. The summed E-state index contributed by atoms with van der Waals surface area (Å²) in [5, 5.41) is 3.48. The molecule has 1 N–H and O–H groups in total. The van der Waals surface area contributed by atoms with Crippen LogP contribution in [0.5, 0.6) is 5.75 Å². The summed E-state index contributed by atoms with van der Waals surface area (Å²) in [4.78, 5) is 7.37. The number of para-hydroxylation sites is 1. The van der Waals surface area contributed by atoms with Gasteiger partial charge < -0.3 is 19.7 Å². The maximum atomic E-state index is 5.68. The van der Waals surface area contributed by atoms with E-state index in [4.69, 9.17) is 14.5 Å². The van der Waals surface area contributed by atoms with Crippen LogP contribution in [0.4, 0.5) is 0 Å². The summed E-state index contributed by atoms with van der Waals surface area (Å²) in [6.45, 7) is 6.58. The van der Waals surface area contributed by atoms with Crippen LogP contribution in [0.2, 0.25) is 0 Å². The molecule has 1 heterocycles. The van der Waals surface area contributed by atoms with Gasteiger partial charge in [0, 0.05) is 43.6 Å². The topological polar surface area (TPSA) is 46.1 Å². The normalized spacial score (nSPS) is 22.0. The molecule has 2 aliphatic rings. The Kier molecular flexibility index (Phi) is 7.00. The van der Waals surface area contributed by atoms with E-state index in [-0.39, 0.29) is 5.41 Å². The maximum Gasteiger partial charge on any atom is 0.193 e. The molecule has 1 saturated heterocycles. The van der Waals surface area contributed by atoms with Crippen molar-refractivity contribution in [2.45, 2.75) is 44.4 Å². The summed E-state index contributed by atoms with van der Waals surface area (Å²) in [6.07, 6.45) is 6.03. The summed E-state index contributed by atoms with van der Waals surface area (Å²) < 4.78 is 11.2. The summed E-state index contributed by atoms with van der Waals surface area (Å²) >= 11 is 0. The molecule has 150 valence electrons. The Morgan fingerprint density at radius 1 is 1.33 bits per heavy atom. The van der Waals surface area contributed by atoms with E-state index in [0.29, 0.717) is 5.92 Å². The van der Waals surface area contributed by atoms with Gasteiger partial charge in [-0.25, -0.2) is 0 Å². The smallest absolute Gasteiger partial charge is 0.193 e. The first-order valence-corrected chi connectivity index (χ1v) is 10.4. The van der Waals surface area contributed by atoms with E-state index in [0.717, 1.165) is 51.0 Å². The van der Waals surface area contributed by atoms with Crippen LogP contribution in [0, 0.1) is 5.92 Å². The highest BCUT2D eigenvalue weighted by molar-refractivity contribution is 5.79. The van der Waals surface area contributed by atoms with Crippen molar-refractivity contribution in [2.24, 2.45) is 10.9 Å². The lowest BCUT2D eigenvalue weighted by atomic mass is 9.78. The summed E-state index contributed by atoms with van der Waals surface area (Å²) in [5.41, 5.74) is 1.40. The van der Waals surface area contributed by atoms with Crippen LogP contribution in [0.25, 0.3) is 0 Å². The molecule has 5 nitrogen and oxygen atoms in total. The number of guanidine groups is 1. The second-order valence-corrected chi connectivity index (χ2v) is 7.97. The van der Waals surface area contributed by atoms with E-state index in [1.165, 1.54) is 31.2 Å². The van der Waals surface area contributed by atoms with Gasteiger partial charge in [0.05, 0.1) is 20.3 Å². The maximum absolute atomic E-state index is 5.68. The highest BCUT2D eigenvalue weighted by atomic mass is 16.5. The molecule has 1 unspecified atom stereocenters. The Bertz CT molecular complexity index is 620. The van der Waals surface area contributed by atoms with E-state index in [1.807, 2.05) is 0 Å².